The second-order valence-electron chi connectivity index (χ2n) is 11.6. The van der Waals surface area contributed by atoms with Crippen molar-refractivity contribution >= 4 is 10.0 Å². The number of likely N-dealkylation sites (tertiary alicyclic amines) is 1. The summed E-state index contributed by atoms with van der Waals surface area (Å²) in [5.41, 5.74) is 2.07. The Morgan fingerprint density at radius 3 is 2.38 bits per heavy atom. The topological polar surface area (TPSA) is 117 Å². The Balaban J connectivity index is 1.14. The molecule has 0 unspecified atom stereocenters. The van der Waals surface area contributed by atoms with Gasteiger partial charge in [0.25, 0.3) is 5.56 Å². The summed E-state index contributed by atoms with van der Waals surface area (Å²) in [4.78, 5) is 29.9. The van der Waals surface area contributed by atoms with Crippen LogP contribution < -0.4 is 15.7 Å². The minimum atomic E-state index is -3.63. The van der Waals surface area contributed by atoms with E-state index < -0.39 is 15.5 Å². The number of benzene rings is 1. The van der Waals surface area contributed by atoms with Crippen molar-refractivity contribution in [2.75, 3.05) is 46.4 Å². The third-order valence-electron chi connectivity index (χ3n) is 8.98. The fraction of sp³-hybridized carbons (Fsp3) is 0.467. The molecule has 6 rings (SSSR count). The van der Waals surface area contributed by atoms with Gasteiger partial charge in [0.15, 0.2) is 5.75 Å². The number of nitrogens with zero attached hydrogens (tertiary/aromatic N) is 5. The Kier molecular flexibility index (Phi) is 7.73. The second kappa shape index (κ2) is 11.3. The van der Waals surface area contributed by atoms with E-state index in [2.05, 4.69) is 9.80 Å². The van der Waals surface area contributed by atoms with Gasteiger partial charge in [0.05, 0.1) is 17.7 Å². The monoisotopic (exact) mass is 595 g/mol. The van der Waals surface area contributed by atoms with E-state index in [1.807, 2.05) is 28.3 Å². The molecular formula is C30H37N5O6S. The molecule has 3 aliphatic heterocycles. The van der Waals surface area contributed by atoms with Crippen LogP contribution in [0.2, 0.25) is 0 Å². The van der Waals surface area contributed by atoms with Crippen LogP contribution in [0.15, 0.2) is 63.0 Å². The lowest BCUT2D eigenvalue weighted by molar-refractivity contribution is 0.112. The maximum Gasteiger partial charge on any atom is 0.250 e. The number of pyridine rings is 2. The van der Waals surface area contributed by atoms with Crippen molar-refractivity contribution in [2.24, 2.45) is 13.0 Å². The Morgan fingerprint density at radius 1 is 0.929 bits per heavy atom. The second-order valence-corrected chi connectivity index (χ2v) is 13.5. The van der Waals surface area contributed by atoms with Gasteiger partial charge in [0.2, 0.25) is 15.5 Å². The number of sulfonamides is 1. The summed E-state index contributed by atoms with van der Waals surface area (Å²) in [6.45, 7) is 4.82. The molecule has 2 atom stereocenters. The Labute approximate surface area is 245 Å². The Bertz CT molecular complexity index is 1690. The number of ether oxygens (including phenoxy) is 1. The van der Waals surface area contributed by atoms with Crippen LogP contribution in [0.4, 0.5) is 0 Å². The van der Waals surface area contributed by atoms with E-state index in [1.165, 1.54) is 17.5 Å². The Hall–Kier alpha value is -3.45. The van der Waals surface area contributed by atoms with Crippen LogP contribution in [0.25, 0.3) is 0 Å². The van der Waals surface area contributed by atoms with Gasteiger partial charge >= 0.3 is 0 Å². The van der Waals surface area contributed by atoms with Crippen molar-refractivity contribution in [3.8, 4) is 11.5 Å². The van der Waals surface area contributed by atoms with Crippen LogP contribution >= 0.6 is 0 Å². The Morgan fingerprint density at radius 2 is 1.67 bits per heavy atom. The van der Waals surface area contributed by atoms with Gasteiger partial charge in [-0.1, -0.05) is 6.07 Å². The molecule has 0 amide bonds. The van der Waals surface area contributed by atoms with Crippen molar-refractivity contribution in [3.63, 3.8) is 0 Å². The number of fused-ring (bicyclic) bond motifs is 4. The molecule has 224 valence electrons. The SMILES string of the molecule is COc1ccc(S(=O)(=O)N2CCN(Cc3c(O)c(=O)cc(CN4C[C@@H]5C[C@@H](C4)c4cccc(=O)n4C5)n3C)CC2)cc1. The number of aromatic hydroxyl groups is 1. The van der Waals surface area contributed by atoms with E-state index in [0.717, 1.165) is 30.9 Å². The van der Waals surface area contributed by atoms with Crippen LogP contribution in [-0.4, -0.2) is 83.1 Å². The average Bonchev–Trinajstić information content (AvgIpc) is 2.99. The van der Waals surface area contributed by atoms with E-state index in [4.69, 9.17) is 4.74 Å². The summed E-state index contributed by atoms with van der Waals surface area (Å²) < 4.78 is 36.7. The fourth-order valence-electron chi connectivity index (χ4n) is 6.71. The number of hydrogen-bond donors (Lipinski definition) is 1. The first-order chi connectivity index (χ1) is 20.1. The van der Waals surface area contributed by atoms with E-state index in [1.54, 1.807) is 30.3 Å². The number of methoxy groups -OCH3 is 1. The van der Waals surface area contributed by atoms with Crippen LogP contribution in [0, 0.1) is 5.92 Å². The van der Waals surface area contributed by atoms with Crippen LogP contribution in [0.1, 0.15) is 29.4 Å². The van der Waals surface area contributed by atoms with Gasteiger partial charge in [0.1, 0.15) is 5.75 Å². The molecule has 0 saturated carbocycles. The zero-order valence-electron chi connectivity index (χ0n) is 24.0. The third kappa shape index (κ3) is 5.39. The van der Waals surface area contributed by atoms with Crippen LogP contribution in [0.5, 0.6) is 11.5 Å². The molecule has 1 N–H and O–H groups in total. The van der Waals surface area contributed by atoms with Crippen molar-refractivity contribution in [3.05, 3.63) is 86.2 Å². The summed E-state index contributed by atoms with van der Waals surface area (Å²) >= 11 is 0. The van der Waals surface area contributed by atoms with Gasteiger partial charge in [-0.2, -0.15) is 4.31 Å². The number of aromatic nitrogens is 2. The molecule has 1 aromatic carbocycles. The predicted molar refractivity (Wildman–Crippen MR) is 157 cm³/mol. The molecule has 2 fully saturated rings. The lowest BCUT2D eigenvalue weighted by atomic mass is 9.83. The molecule has 12 heteroatoms. The van der Waals surface area contributed by atoms with Gasteiger partial charge < -0.3 is 19.0 Å². The average molecular weight is 596 g/mol. The maximum atomic E-state index is 13.2. The minimum Gasteiger partial charge on any atom is -0.503 e. The molecule has 3 aliphatic rings. The lowest BCUT2D eigenvalue weighted by Gasteiger charge is -2.43. The molecule has 3 aromatic rings. The summed E-state index contributed by atoms with van der Waals surface area (Å²) in [6.07, 6.45) is 1.06. The molecular weight excluding hydrogens is 558 g/mol. The molecule has 0 aliphatic carbocycles. The third-order valence-corrected chi connectivity index (χ3v) is 10.9. The van der Waals surface area contributed by atoms with Crippen molar-refractivity contribution in [2.45, 2.75) is 36.9 Å². The highest BCUT2D eigenvalue weighted by Crippen LogP contribution is 2.35. The minimum absolute atomic E-state index is 0.0559. The van der Waals surface area contributed by atoms with E-state index in [-0.39, 0.29) is 22.1 Å². The first-order valence-electron chi connectivity index (χ1n) is 14.3. The zero-order valence-corrected chi connectivity index (χ0v) is 24.8. The largest absolute Gasteiger partial charge is 0.503 e. The zero-order chi connectivity index (χ0) is 29.6. The van der Waals surface area contributed by atoms with E-state index in [9.17, 15) is 23.1 Å². The molecule has 42 heavy (non-hydrogen) atoms. The molecule has 2 saturated heterocycles. The summed E-state index contributed by atoms with van der Waals surface area (Å²) in [6, 6.07) is 13.4. The fourth-order valence-corrected chi connectivity index (χ4v) is 8.14. The molecule has 2 aromatic heterocycles. The molecule has 11 nitrogen and oxygen atoms in total. The van der Waals surface area contributed by atoms with Crippen molar-refractivity contribution in [1.29, 1.82) is 0 Å². The van der Waals surface area contributed by atoms with Crippen LogP contribution in [-0.2, 0) is 36.7 Å². The summed E-state index contributed by atoms with van der Waals surface area (Å²) in [7, 11) is -0.230. The highest BCUT2D eigenvalue weighted by atomic mass is 32.2. The van der Waals surface area contributed by atoms with E-state index >= 15 is 0 Å². The predicted octanol–water partition coefficient (Wildman–Crippen LogP) is 1.39. The van der Waals surface area contributed by atoms with E-state index in [0.29, 0.717) is 63.2 Å². The van der Waals surface area contributed by atoms with Crippen molar-refractivity contribution in [1.82, 2.24) is 23.2 Å². The molecule has 5 heterocycles. The van der Waals surface area contributed by atoms with Gasteiger partial charge in [-0.3, -0.25) is 19.4 Å². The first-order valence-corrected chi connectivity index (χ1v) is 15.8. The highest BCUT2D eigenvalue weighted by molar-refractivity contribution is 7.89. The first kappa shape index (κ1) is 28.7. The standard InChI is InChI=1S/C30H37N5O6S/c1-31-23(19-33-16-21-14-22(18-33)26-4-3-5-29(37)35(26)17-21)15-28(36)30(38)27(31)20-32-10-12-34(13-11-32)42(39,40)25-8-6-24(41-2)7-9-25/h3-9,15,21-22,38H,10-14,16-20H2,1-2H3/t21-,22-/m0/s1. The van der Waals surface area contributed by atoms with Crippen LogP contribution in [0.3, 0.4) is 0 Å². The summed E-state index contributed by atoms with van der Waals surface area (Å²) in [5.74, 6) is 0.969. The molecule has 2 bridgehead atoms. The lowest BCUT2D eigenvalue weighted by Crippen LogP contribution is -2.48. The normalized spacial score (nSPS) is 21.7. The van der Waals surface area contributed by atoms with Gasteiger partial charge in [-0.25, -0.2) is 8.42 Å². The quantitative estimate of drug-likeness (QED) is 0.436. The van der Waals surface area contributed by atoms with Gasteiger partial charge in [0, 0.05) is 95.4 Å². The molecule has 0 radical (unpaired) electrons. The highest BCUT2D eigenvalue weighted by Gasteiger charge is 2.35. The maximum absolute atomic E-state index is 13.2. The van der Waals surface area contributed by atoms with Crippen molar-refractivity contribution < 1.29 is 18.3 Å². The number of piperidine rings is 1. The number of piperazine rings is 1. The number of rotatable bonds is 7. The smallest absolute Gasteiger partial charge is 0.250 e. The van der Waals surface area contributed by atoms with Gasteiger partial charge in [-0.15, -0.1) is 0 Å². The summed E-state index contributed by atoms with van der Waals surface area (Å²) in [5, 5.41) is 10.8. The van der Waals surface area contributed by atoms with Gasteiger partial charge in [-0.05, 0) is 42.7 Å². The number of hydrogen-bond acceptors (Lipinski definition) is 8. The molecule has 0 spiro atoms.